The fraction of sp³-hybridized carbons (Fsp3) is 0.250. The molecule has 4 N–H and O–H groups in total. The van der Waals surface area contributed by atoms with Gasteiger partial charge in [0.15, 0.2) is 0 Å². The summed E-state index contributed by atoms with van der Waals surface area (Å²) in [5.41, 5.74) is 2.01. The van der Waals surface area contributed by atoms with E-state index in [1.54, 1.807) is 24.3 Å². The lowest BCUT2D eigenvalue weighted by molar-refractivity contribution is 0.275. The first kappa shape index (κ1) is 17.6. The average Bonchev–Trinajstić information content (AvgIpc) is 2.53. The summed E-state index contributed by atoms with van der Waals surface area (Å²) in [6.45, 7) is 2.08. The summed E-state index contributed by atoms with van der Waals surface area (Å²) in [5.74, 6) is -0.428. The molecule has 0 spiro atoms. The molecule has 0 aliphatic carbocycles. The second-order valence-corrected chi connectivity index (χ2v) is 6.86. The Morgan fingerprint density at radius 3 is 2.43 bits per heavy atom. The van der Waals surface area contributed by atoms with Crippen LogP contribution < -0.4 is 10.5 Å². The molecule has 124 valence electrons. The molecule has 0 radical (unpaired) electrons. The summed E-state index contributed by atoms with van der Waals surface area (Å²) in [4.78, 5) is 0.0690. The van der Waals surface area contributed by atoms with Gasteiger partial charge in [-0.2, -0.15) is 0 Å². The van der Waals surface area contributed by atoms with Crippen molar-refractivity contribution in [2.45, 2.75) is 31.0 Å². The van der Waals surface area contributed by atoms with E-state index in [0.717, 1.165) is 11.1 Å². The molecule has 0 aliphatic rings. The van der Waals surface area contributed by atoms with Crippen LogP contribution in [0.25, 0.3) is 0 Å². The van der Waals surface area contributed by atoms with E-state index in [1.165, 1.54) is 18.2 Å². The molecule has 2 aromatic rings. The summed E-state index contributed by atoms with van der Waals surface area (Å²) in [7, 11) is -3.69. The fourth-order valence-corrected chi connectivity index (χ4v) is 2.71. The third kappa shape index (κ3) is 4.59. The van der Waals surface area contributed by atoms with Gasteiger partial charge in [-0.05, 0) is 42.3 Å². The lowest BCUT2D eigenvalue weighted by atomic mass is 10.1. The highest BCUT2D eigenvalue weighted by Gasteiger charge is 2.10. The molecule has 0 heterocycles. The molecule has 0 aliphatic heterocycles. The van der Waals surface area contributed by atoms with Gasteiger partial charge < -0.3 is 10.4 Å². The smallest absolute Gasteiger partial charge is 0.238 e. The van der Waals surface area contributed by atoms with E-state index < -0.39 is 15.8 Å². The Labute approximate surface area is 135 Å². The monoisotopic (exact) mass is 338 g/mol. The van der Waals surface area contributed by atoms with Gasteiger partial charge in [-0.3, -0.25) is 0 Å². The second-order valence-electron chi connectivity index (χ2n) is 5.30. The van der Waals surface area contributed by atoms with Gasteiger partial charge in [0, 0.05) is 18.2 Å². The van der Waals surface area contributed by atoms with E-state index in [-0.39, 0.29) is 23.1 Å². The highest BCUT2D eigenvalue weighted by atomic mass is 32.2. The van der Waals surface area contributed by atoms with E-state index in [4.69, 9.17) is 10.2 Å². The Hall–Kier alpha value is -1.80. The molecule has 0 amide bonds. The van der Waals surface area contributed by atoms with Crippen molar-refractivity contribution < 1.29 is 17.9 Å². The zero-order chi connectivity index (χ0) is 17.0. The van der Waals surface area contributed by atoms with Crippen LogP contribution >= 0.6 is 0 Å². The van der Waals surface area contributed by atoms with Gasteiger partial charge in [0.1, 0.15) is 5.82 Å². The topological polar surface area (TPSA) is 92.4 Å². The SMILES string of the molecule is C[C@@H](NCc1ccc(F)c(CO)c1)c1ccc(S(N)(=O)=O)cc1. The summed E-state index contributed by atoms with van der Waals surface area (Å²) >= 11 is 0. The minimum Gasteiger partial charge on any atom is -0.392 e. The van der Waals surface area contributed by atoms with Crippen LogP contribution in [0.15, 0.2) is 47.4 Å². The van der Waals surface area contributed by atoms with E-state index in [9.17, 15) is 12.8 Å². The maximum Gasteiger partial charge on any atom is 0.238 e. The molecule has 23 heavy (non-hydrogen) atoms. The number of halogens is 1. The first-order valence-corrected chi connectivity index (χ1v) is 8.60. The van der Waals surface area contributed by atoms with Crippen LogP contribution in [0.2, 0.25) is 0 Å². The number of rotatable bonds is 6. The number of benzene rings is 2. The van der Waals surface area contributed by atoms with Crippen molar-refractivity contribution >= 4 is 10.0 Å². The Kier molecular flexibility index (Phi) is 5.48. The van der Waals surface area contributed by atoms with Gasteiger partial charge in [0.05, 0.1) is 11.5 Å². The minimum absolute atomic E-state index is 0.0350. The standard InChI is InChI=1S/C16H19FN2O3S/c1-11(13-3-5-15(6-4-13)23(18,21)22)19-9-12-2-7-16(17)14(8-12)10-20/h2-8,11,19-20H,9-10H2,1H3,(H2,18,21,22)/t11-/m1/s1. The van der Waals surface area contributed by atoms with Crippen molar-refractivity contribution in [3.8, 4) is 0 Å². The average molecular weight is 338 g/mol. The lowest BCUT2D eigenvalue weighted by Gasteiger charge is -2.15. The van der Waals surface area contributed by atoms with Crippen LogP contribution in [-0.4, -0.2) is 13.5 Å². The molecular formula is C16H19FN2O3S. The maximum atomic E-state index is 13.3. The van der Waals surface area contributed by atoms with Crippen molar-refractivity contribution in [1.29, 1.82) is 0 Å². The summed E-state index contributed by atoms with van der Waals surface area (Å²) in [5, 5.41) is 17.4. The molecule has 0 bridgehead atoms. The Morgan fingerprint density at radius 1 is 1.22 bits per heavy atom. The molecule has 2 aromatic carbocycles. The molecule has 0 saturated heterocycles. The van der Waals surface area contributed by atoms with Crippen molar-refractivity contribution in [2.24, 2.45) is 5.14 Å². The Bertz CT molecular complexity index is 776. The third-order valence-electron chi connectivity index (χ3n) is 3.60. The number of nitrogens with one attached hydrogen (secondary N) is 1. The van der Waals surface area contributed by atoms with Crippen LogP contribution in [0, 0.1) is 5.82 Å². The van der Waals surface area contributed by atoms with Gasteiger partial charge in [0.2, 0.25) is 10.0 Å². The zero-order valence-electron chi connectivity index (χ0n) is 12.7. The van der Waals surface area contributed by atoms with E-state index >= 15 is 0 Å². The van der Waals surface area contributed by atoms with Gasteiger partial charge in [-0.1, -0.05) is 18.2 Å². The van der Waals surface area contributed by atoms with E-state index in [1.807, 2.05) is 6.92 Å². The highest BCUT2D eigenvalue weighted by Crippen LogP contribution is 2.17. The van der Waals surface area contributed by atoms with E-state index in [0.29, 0.717) is 6.54 Å². The van der Waals surface area contributed by atoms with Crippen molar-refractivity contribution in [3.63, 3.8) is 0 Å². The summed E-state index contributed by atoms with van der Waals surface area (Å²) in [6.07, 6.45) is 0. The molecular weight excluding hydrogens is 319 g/mol. The highest BCUT2D eigenvalue weighted by molar-refractivity contribution is 7.89. The maximum absolute atomic E-state index is 13.3. The molecule has 1 atom stereocenters. The Morgan fingerprint density at radius 2 is 1.87 bits per heavy atom. The third-order valence-corrected chi connectivity index (χ3v) is 4.53. The number of aliphatic hydroxyl groups excluding tert-OH is 1. The second kappa shape index (κ2) is 7.18. The van der Waals surface area contributed by atoms with Crippen LogP contribution in [0.5, 0.6) is 0 Å². The first-order chi connectivity index (χ1) is 10.8. The molecule has 0 fully saturated rings. The summed E-state index contributed by atoms with van der Waals surface area (Å²) in [6, 6.07) is 10.9. The molecule has 0 aromatic heterocycles. The molecule has 5 nitrogen and oxygen atoms in total. The van der Waals surface area contributed by atoms with Crippen molar-refractivity contribution in [1.82, 2.24) is 5.32 Å². The molecule has 7 heteroatoms. The zero-order valence-corrected chi connectivity index (χ0v) is 13.5. The number of aliphatic hydroxyl groups is 1. The number of nitrogens with two attached hydrogens (primary N) is 1. The number of sulfonamides is 1. The quantitative estimate of drug-likeness (QED) is 0.749. The predicted molar refractivity (Wildman–Crippen MR) is 85.4 cm³/mol. The van der Waals surface area contributed by atoms with Gasteiger partial charge in [-0.25, -0.2) is 17.9 Å². The van der Waals surface area contributed by atoms with Crippen molar-refractivity contribution in [3.05, 3.63) is 65.0 Å². The first-order valence-electron chi connectivity index (χ1n) is 7.05. The normalized spacial score (nSPS) is 13.0. The fourth-order valence-electron chi connectivity index (χ4n) is 2.19. The lowest BCUT2D eigenvalue weighted by Crippen LogP contribution is -2.18. The van der Waals surface area contributed by atoms with Crippen molar-refractivity contribution in [2.75, 3.05) is 0 Å². The number of primary sulfonamides is 1. The molecule has 2 rings (SSSR count). The van der Waals surface area contributed by atoms with Crippen LogP contribution in [0.3, 0.4) is 0 Å². The molecule has 0 saturated carbocycles. The minimum atomic E-state index is -3.69. The van der Waals surface area contributed by atoms with E-state index in [2.05, 4.69) is 5.32 Å². The molecule has 0 unspecified atom stereocenters. The number of hydrogen-bond acceptors (Lipinski definition) is 4. The summed E-state index contributed by atoms with van der Waals surface area (Å²) < 4.78 is 35.8. The Balaban J connectivity index is 2.03. The largest absolute Gasteiger partial charge is 0.392 e. The number of hydrogen-bond donors (Lipinski definition) is 3. The van der Waals surface area contributed by atoms with Gasteiger partial charge >= 0.3 is 0 Å². The predicted octanol–water partition coefficient (Wildman–Crippen LogP) is 1.82. The van der Waals surface area contributed by atoms with Gasteiger partial charge in [-0.15, -0.1) is 0 Å². The van der Waals surface area contributed by atoms with Gasteiger partial charge in [0.25, 0.3) is 0 Å². The van der Waals surface area contributed by atoms with Crippen LogP contribution in [0.1, 0.15) is 29.7 Å². The van der Waals surface area contributed by atoms with Crippen LogP contribution in [0.4, 0.5) is 4.39 Å². The van der Waals surface area contributed by atoms with Crippen LogP contribution in [-0.2, 0) is 23.2 Å².